The fourth-order valence-corrected chi connectivity index (χ4v) is 4.54. The van der Waals surface area contributed by atoms with Crippen molar-refractivity contribution in [3.8, 4) is 17.0 Å². The summed E-state index contributed by atoms with van der Waals surface area (Å²) in [6.07, 6.45) is -0.602. The minimum atomic E-state index is -0.602. The molecule has 31 heavy (non-hydrogen) atoms. The molecule has 3 heterocycles. The van der Waals surface area contributed by atoms with Gasteiger partial charge in [-0.05, 0) is 18.6 Å². The van der Waals surface area contributed by atoms with E-state index in [0.29, 0.717) is 35.3 Å². The molecule has 0 aliphatic carbocycles. The Morgan fingerprint density at radius 3 is 2.42 bits per heavy atom. The fourth-order valence-electron chi connectivity index (χ4n) is 4.54. The van der Waals surface area contributed by atoms with Crippen molar-refractivity contribution in [2.45, 2.75) is 19.6 Å². The lowest BCUT2D eigenvalue weighted by molar-refractivity contribution is 0.0464. The summed E-state index contributed by atoms with van der Waals surface area (Å²) < 4.78 is 10.8. The van der Waals surface area contributed by atoms with Crippen molar-refractivity contribution < 1.29 is 9.84 Å². The van der Waals surface area contributed by atoms with Crippen LogP contribution in [-0.2, 0) is 25.4 Å². The van der Waals surface area contributed by atoms with Gasteiger partial charge in [-0.15, -0.1) is 0 Å². The quantitative estimate of drug-likeness (QED) is 0.544. The standard InChI is InChI=1S/C24H23N3O4/c1-14-8-10-15(11-9-14)19-18-20(25(2)24(30)26(3)23(18)29)21-22(31-13-12-27(19)21)16-6-4-5-7-17(16)28/h4-11,22,28H,12-13H2,1-3H3/t22-/m1/s1. The number of hydrogen-bond acceptors (Lipinski definition) is 4. The van der Waals surface area contributed by atoms with E-state index in [0.717, 1.165) is 21.4 Å². The molecule has 5 rings (SSSR count). The third kappa shape index (κ3) is 2.77. The Hall–Kier alpha value is -3.58. The van der Waals surface area contributed by atoms with Gasteiger partial charge in [0.2, 0.25) is 0 Å². The number of benzene rings is 2. The van der Waals surface area contributed by atoms with Crippen LogP contribution in [0.4, 0.5) is 0 Å². The Labute approximate surface area is 178 Å². The highest BCUT2D eigenvalue weighted by Crippen LogP contribution is 2.42. The van der Waals surface area contributed by atoms with E-state index >= 15 is 0 Å². The highest BCUT2D eigenvalue weighted by atomic mass is 16.5. The van der Waals surface area contributed by atoms with Crippen LogP contribution in [0.1, 0.15) is 22.9 Å². The van der Waals surface area contributed by atoms with Crippen LogP contribution in [0, 0.1) is 6.92 Å². The summed E-state index contributed by atoms with van der Waals surface area (Å²) in [5, 5.41) is 11.0. The molecule has 4 aromatic rings. The molecule has 7 heteroatoms. The van der Waals surface area contributed by atoms with E-state index in [1.54, 1.807) is 25.2 Å². The Bertz CT molecular complexity index is 1440. The molecule has 2 aromatic heterocycles. The second-order valence-corrected chi connectivity index (χ2v) is 7.99. The SMILES string of the molecule is Cc1ccc(-c2c3c(=O)n(C)c(=O)n(C)c3c3n2CCO[C@@H]3c2ccccc2O)cc1. The Morgan fingerprint density at radius 2 is 1.71 bits per heavy atom. The molecule has 0 unspecified atom stereocenters. The van der Waals surface area contributed by atoms with Crippen molar-refractivity contribution in [3.05, 3.63) is 86.2 Å². The Kier molecular flexibility index (Phi) is 4.37. The van der Waals surface area contributed by atoms with Crippen molar-refractivity contribution in [2.24, 2.45) is 14.1 Å². The molecule has 1 N–H and O–H groups in total. The monoisotopic (exact) mass is 417 g/mol. The lowest BCUT2D eigenvalue weighted by Crippen LogP contribution is -2.37. The maximum absolute atomic E-state index is 13.3. The molecule has 0 radical (unpaired) electrons. The third-order valence-electron chi connectivity index (χ3n) is 6.10. The number of aromatic nitrogens is 3. The summed E-state index contributed by atoms with van der Waals surface area (Å²) in [6.45, 7) is 2.97. The first-order valence-electron chi connectivity index (χ1n) is 10.2. The normalized spacial score (nSPS) is 15.9. The maximum Gasteiger partial charge on any atom is 0.331 e. The lowest BCUT2D eigenvalue weighted by Gasteiger charge is -2.28. The molecule has 0 bridgehead atoms. The molecule has 158 valence electrons. The van der Waals surface area contributed by atoms with E-state index in [4.69, 9.17) is 4.74 Å². The number of aromatic hydroxyl groups is 1. The molecular weight excluding hydrogens is 394 g/mol. The van der Waals surface area contributed by atoms with Crippen LogP contribution in [0.25, 0.3) is 22.2 Å². The summed E-state index contributed by atoms with van der Waals surface area (Å²) in [7, 11) is 3.16. The van der Waals surface area contributed by atoms with Crippen LogP contribution in [0.3, 0.4) is 0 Å². The fraction of sp³-hybridized carbons (Fsp3) is 0.250. The molecule has 0 amide bonds. The number of aryl methyl sites for hydroxylation is 2. The van der Waals surface area contributed by atoms with Crippen LogP contribution in [0.2, 0.25) is 0 Å². The molecule has 7 nitrogen and oxygen atoms in total. The van der Waals surface area contributed by atoms with Crippen LogP contribution in [-0.4, -0.2) is 25.4 Å². The van der Waals surface area contributed by atoms with Crippen molar-refractivity contribution >= 4 is 10.9 Å². The van der Waals surface area contributed by atoms with Gasteiger partial charge in [0.15, 0.2) is 0 Å². The highest BCUT2D eigenvalue weighted by molar-refractivity contribution is 5.96. The van der Waals surface area contributed by atoms with Crippen molar-refractivity contribution in [1.29, 1.82) is 0 Å². The summed E-state index contributed by atoms with van der Waals surface area (Å²) in [6, 6.07) is 15.0. The van der Waals surface area contributed by atoms with Crippen molar-refractivity contribution in [1.82, 2.24) is 13.7 Å². The maximum atomic E-state index is 13.3. The average molecular weight is 417 g/mol. The Balaban J connectivity index is 1.96. The second-order valence-electron chi connectivity index (χ2n) is 7.99. The molecule has 1 atom stereocenters. The lowest BCUT2D eigenvalue weighted by atomic mass is 10.0. The number of nitrogens with zero attached hydrogens (tertiary/aromatic N) is 3. The van der Waals surface area contributed by atoms with Gasteiger partial charge in [0.1, 0.15) is 11.9 Å². The van der Waals surface area contributed by atoms with E-state index in [2.05, 4.69) is 4.57 Å². The zero-order chi connectivity index (χ0) is 21.9. The van der Waals surface area contributed by atoms with Gasteiger partial charge in [0, 0.05) is 26.2 Å². The van der Waals surface area contributed by atoms with Gasteiger partial charge >= 0.3 is 5.69 Å². The Morgan fingerprint density at radius 1 is 1.00 bits per heavy atom. The van der Waals surface area contributed by atoms with Crippen LogP contribution >= 0.6 is 0 Å². The predicted octanol–water partition coefficient (Wildman–Crippen LogP) is 2.84. The molecule has 1 aliphatic rings. The predicted molar refractivity (Wildman–Crippen MR) is 118 cm³/mol. The van der Waals surface area contributed by atoms with Gasteiger partial charge in [-0.3, -0.25) is 13.9 Å². The number of hydrogen-bond donors (Lipinski definition) is 1. The number of phenolic OH excluding ortho intramolecular Hbond substituents is 1. The van der Waals surface area contributed by atoms with E-state index in [-0.39, 0.29) is 11.3 Å². The zero-order valence-corrected chi connectivity index (χ0v) is 17.6. The van der Waals surface area contributed by atoms with Gasteiger partial charge in [-0.2, -0.15) is 0 Å². The van der Waals surface area contributed by atoms with Crippen LogP contribution in [0.15, 0.2) is 58.1 Å². The third-order valence-corrected chi connectivity index (χ3v) is 6.10. The number of rotatable bonds is 2. The number of ether oxygens (including phenoxy) is 1. The first-order valence-corrected chi connectivity index (χ1v) is 10.2. The van der Waals surface area contributed by atoms with Crippen molar-refractivity contribution in [2.75, 3.05) is 6.61 Å². The summed E-state index contributed by atoms with van der Waals surface area (Å²) in [4.78, 5) is 26.2. The van der Waals surface area contributed by atoms with Gasteiger partial charge in [-0.1, -0.05) is 48.0 Å². The second kappa shape index (κ2) is 6.99. The summed E-state index contributed by atoms with van der Waals surface area (Å²) >= 11 is 0. The van der Waals surface area contributed by atoms with E-state index < -0.39 is 11.8 Å². The van der Waals surface area contributed by atoms with Crippen molar-refractivity contribution in [3.63, 3.8) is 0 Å². The van der Waals surface area contributed by atoms with Gasteiger partial charge < -0.3 is 14.4 Å². The molecule has 2 aromatic carbocycles. The highest BCUT2D eigenvalue weighted by Gasteiger charge is 2.34. The van der Waals surface area contributed by atoms with E-state index in [9.17, 15) is 14.7 Å². The van der Waals surface area contributed by atoms with E-state index in [1.807, 2.05) is 37.3 Å². The topological polar surface area (TPSA) is 78.4 Å². The first kappa shape index (κ1) is 19.4. The van der Waals surface area contributed by atoms with Crippen LogP contribution < -0.4 is 11.2 Å². The largest absolute Gasteiger partial charge is 0.508 e. The minimum Gasteiger partial charge on any atom is -0.508 e. The average Bonchev–Trinajstić information content (AvgIpc) is 3.13. The number of fused-ring (bicyclic) bond motifs is 3. The summed E-state index contributed by atoms with van der Waals surface area (Å²) in [5.74, 6) is 0.112. The zero-order valence-electron chi connectivity index (χ0n) is 17.6. The van der Waals surface area contributed by atoms with Gasteiger partial charge in [-0.25, -0.2) is 4.79 Å². The molecule has 1 aliphatic heterocycles. The molecule has 0 spiro atoms. The van der Waals surface area contributed by atoms with Crippen LogP contribution in [0.5, 0.6) is 5.75 Å². The summed E-state index contributed by atoms with van der Waals surface area (Å²) in [5.41, 5.74) is 3.89. The van der Waals surface area contributed by atoms with E-state index in [1.165, 1.54) is 11.6 Å². The number of phenols is 1. The molecule has 0 fully saturated rings. The van der Waals surface area contributed by atoms with Gasteiger partial charge in [0.25, 0.3) is 5.56 Å². The molecule has 0 saturated carbocycles. The minimum absolute atomic E-state index is 0.112. The molecule has 0 saturated heterocycles. The molecular formula is C24H23N3O4. The first-order chi connectivity index (χ1) is 14.9. The van der Waals surface area contributed by atoms with Gasteiger partial charge in [0.05, 0.1) is 28.9 Å². The number of para-hydroxylation sites is 1. The smallest absolute Gasteiger partial charge is 0.331 e.